The highest BCUT2D eigenvalue weighted by Crippen LogP contribution is 2.44. The van der Waals surface area contributed by atoms with Gasteiger partial charge in [0.1, 0.15) is 11.4 Å². The average molecular weight is 338 g/mol. The highest BCUT2D eigenvalue weighted by Gasteiger charge is 2.43. The monoisotopic (exact) mass is 338 g/mol. The number of hydrogen-bond donors (Lipinski definition) is 0. The van der Waals surface area contributed by atoms with Crippen LogP contribution in [-0.2, 0) is 4.74 Å². The zero-order chi connectivity index (χ0) is 17.3. The van der Waals surface area contributed by atoms with Crippen LogP contribution in [0, 0.1) is 0 Å². The van der Waals surface area contributed by atoms with E-state index in [-0.39, 0.29) is 11.4 Å². The van der Waals surface area contributed by atoms with Crippen molar-refractivity contribution in [2.75, 3.05) is 6.61 Å². The Bertz CT molecular complexity index is 772. The van der Waals surface area contributed by atoms with E-state index < -0.39 is 0 Å². The first-order valence-corrected chi connectivity index (χ1v) is 9.56. The Morgan fingerprint density at radius 2 is 1.96 bits per heavy atom. The van der Waals surface area contributed by atoms with Crippen LogP contribution in [0.5, 0.6) is 5.75 Å². The minimum Gasteiger partial charge on any atom is -0.486 e. The number of fused-ring (bicyclic) bond motifs is 3. The second-order valence-electron chi connectivity index (χ2n) is 7.47. The predicted octanol–water partition coefficient (Wildman–Crippen LogP) is 5.30. The number of ether oxygens (including phenoxy) is 2. The summed E-state index contributed by atoms with van der Waals surface area (Å²) in [6.45, 7) is 3.03. The molecule has 0 unspecified atom stereocenters. The first-order valence-electron chi connectivity index (χ1n) is 9.56. The third-order valence-electron chi connectivity index (χ3n) is 5.67. The molecule has 1 spiro atoms. The van der Waals surface area contributed by atoms with Gasteiger partial charge in [0.05, 0.1) is 18.1 Å². The quantitative estimate of drug-likeness (QED) is 0.709. The maximum absolute atomic E-state index is 13.0. The van der Waals surface area contributed by atoms with Crippen molar-refractivity contribution in [3.05, 3.63) is 42.0 Å². The van der Waals surface area contributed by atoms with Crippen LogP contribution in [0.3, 0.4) is 0 Å². The van der Waals surface area contributed by atoms with E-state index in [9.17, 15) is 4.79 Å². The minimum absolute atomic E-state index is 0.225. The first kappa shape index (κ1) is 16.6. The molecule has 25 heavy (non-hydrogen) atoms. The SMILES string of the molecule is CCCCOC1CCC2(CC1)CC(=O)c1c(ccc3ccccc13)O2. The number of Topliss-reactive ketones (excluding diaryl/α,β-unsaturated/α-hetero) is 1. The number of hydrogen-bond acceptors (Lipinski definition) is 3. The molecule has 0 atom stereocenters. The molecule has 1 aliphatic heterocycles. The van der Waals surface area contributed by atoms with Gasteiger partial charge in [-0.15, -0.1) is 0 Å². The second kappa shape index (κ2) is 6.80. The Kier molecular flexibility index (Phi) is 4.51. The molecule has 2 aliphatic rings. The summed E-state index contributed by atoms with van der Waals surface area (Å²) in [6, 6.07) is 12.1. The number of benzene rings is 2. The van der Waals surface area contributed by atoms with Crippen LogP contribution in [0.2, 0.25) is 0 Å². The van der Waals surface area contributed by atoms with Gasteiger partial charge in [0, 0.05) is 6.61 Å². The lowest BCUT2D eigenvalue weighted by Gasteiger charge is -2.42. The van der Waals surface area contributed by atoms with Crippen molar-refractivity contribution in [2.24, 2.45) is 0 Å². The Hall–Kier alpha value is -1.87. The molecule has 1 heterocycles. The van der Waals surface area contributed by atoms with Gasteiger partial charge >= 0.3 is 0 Å². The smallest absolute Gasteiger partial charge is 0.171 e. The summed E-state index contributed by atoms with van der Waals surface area (Å²) in [5.41, 5.74) is 0.446. The summed E-state index contributed by atoms with van der Waals surface area (Å²) in [7, 11) is 0. The van der Waals surface area contributed by atoms with Gasteiger partial charge in [-0.2, -0.15) is 0 Å². The molecule has 4 rings (SSSR count). The number of carbonyl (C=O) groups excluding carboxylic acids is 1. The van der Waals surface area contributed by atoms with Crippen LogP contribution in [0.15, 0.2) is 36.4 Å². The van der Waals surface area contributed by atoms with E-state index >= 15 is 0 Å². The van der Waals surface area contributed by atoms with Crippen molar-refractivity contribution < 1.29 is 14.3 Å². The predicted molar refractivity (Wildman–Crippen MR) is 99.4 cm³/mol. The lowest BCUT2D eigenvalue weighted by Crippen LogP contribution is -2.46. The van der Waals surface area contributed by atoms with E-state index in [2.05, 4.69) is 13.0 Å². The topological polar surface area (TPSA) is 35.5 Å². The zero-order valence-corrected chi connectivity index (χ0v) is 14.9. The molecule has 0 saturated heterocycles. The largest absolute Gasteiger partial charge is 0.486 e. The zero-order valence-electron chi connectivity index (χ0n) is 14.9. The van der Waals surface area contributed by atoms with Crippen molar-refractivity contribution >= 4 is 16.6 Å². The Labute approximate surface area is 149 Å². The van der Waals surface area contributed by atoms with Crippen LogP contribution in [0.4, 0.5) is 0 Å². The Morgan fingerprint density at radius 3 is 2.76 bits per heavy atom. The molecule has 0 bridgehead atoms. The molecule has 1 aliphatic carbocycles. The summed E-state index contributed by atoms with van der Waals surface area (Å²) in [4.78, 5) is 13.0. The second-order valence-corrected chi connectivity index (χ2v) is 7.47. The van der Waals surface area contributed by atoms with Gasteiger partial charge in [0.2, 0.25) is 0 Å². The van der Waals surface area contributed by atoms with Crippen molar-refractivity contribution in [2.45, 2.75) is 63.6 Å². The molecule has 132 valence electrons. The summed E-state index contributed by atoms with van der Waals surface area (Å²) in [6.07, 6.45) is 6.89. The van der Waals surface area contributed by atoms with E-state index in [0.717, 1.165) is 60.8 Å². The van der Waals surface area contributed by atoms with Crippen molar-refractivity contribution in [1.82, 2.24) is 0 Å². The lowest BCUT2D eigenvalue weighted by molar-refractivity contribution is -0.0459. The summed E-state index contributed by atoms with van der Waals surface area (Å²) >= 11 is 0. The first-order chi connectivity index (χ1) is 12.2. The number of rotatable bonds is 4. The number of ketones is 1. The standard InChI is InChI=1S/C22H26O3/c1-2-3-14-24-17-10-12-22(13-11-17)15-19(23)21-18-7-5-4-6-16(18)8-9-20(21)25-22/h4-9,17H,2-3,10-15H2,1H3. The van der Waals surface area contributed by atoms with Gasteiger partial charge in [-0.3, -0.25) is 4.79 Å². The molecule has 2 aromatic carbocycles. The van der Waals surface area contributed by atoms with E-state index in [1.807, 2.05) is 30.3 Å². The molecule has 3 heteroatoms. The van der Waals surface area contributed by atoms with Crippen LogP contribution in [0.1, 0.15) is 62.2 Å². The maximum Gasteiger partial charge on any atom is 0.171 e. The summed E-state index contributed by atoms with van der Waals surface area (Å²) in [5.74, 6) is 0.990. The third-order valence-corrected chi connectivity index (χ3v) is 5.67. The summed E-state index contributed by atoms with van der Waals surface area (Å²) < 4.78 is 12.4. The van der Waals surface area contributed by atoms with Gasteiger partial charge in [-0.25, -0.2) is 0 Å². The van der Waals surface area contributed by atoms with E-state index in [1.165, 1.54) is 6.42 Å². The van der Waals surface area contributed by atoms with Gasteiger partial charge in [0.25, 0.3) is 0 Å². The van der Waals surface area contributed by atoms with Crippen LogP contribution in [-0.4, -0.2) is 24.1 Å². The normalized spacial score (nSPS) is 25.8. The third kappa shape index (κ3) is 3.18. The molecule has 1 fully saturated rings. The Balaban J connectivity index is 1.52. The molecule has 2 aromatic rings. The molecule has 0 amide bonds. The molecular weight excluding hydrogens is 312 g/mol. The van der Waals surface area contributed by atoms with Crippen LogP contribution < -0.4 is 4.74 Å². The molecule has 0 N–H and O–H groups in total. The fraction of sp³-hybridized carbons (Fsp3) is 0.500. The van der Waals surface area contributed by atoms with Crippen LogP contribution in [0.25, 0.3) is 10.8 Å². The fourth-order valence-electron chi connectivity index (χ4n) is 4.23. The molecule has 3 nitrogen and oxygen atoms in total. The fourth-order valence-corrected chi connectivity index (χ4v) is 4.23. The number of carbonyl (C=O) groups is 1. The van der Waals surface area contributed by atoms with Crippen molar-refractivity contribution in [3.8, 4) is 5.75 Å². The van der Waals surface area contributed by atoms with Crippen molar-refractivity contribution in [3.63, 3.8) is 0 Å². The van der Waals surface area contributed by atoms with Gasteiger partial charge < -0.3 is 9.47 Å². The van der Waals surface area contributed by atoms with E-state index in [4.69, 9.17) is 9.47 Å². The van der Waals surface area contributed by atoms with Gasteiger partial charge in [-0.1, -0.05) is 43.7 Å². The highest BCUT2D eigenvalue weighted by atomic mass is 16.5. The van der Waals surface area contributed by atoms with E-state index in [1.54, 1.807) is 0 Å². The summed E-state index contributed by atoms with van der Waals surface area (Å²) in [5, 5.41) is 2.11. The van der Waals surface area contributed by atoms with Gasteiger partial charge in [-0.05, 0) is 48.9 Å². The molecule has 0 radical (unpaired) electrons. The lowest BCUT2D eigenvalue weighted by atomic mass is 9.77. The number of unbranched alkanes of at least 4 members (excludes halogenated alkanes) is 1. The molecular formula is C22H26O3. The molecule has 1 saturated carbocycles. The Morgan fingerprint density at radius 1 is 1.16 bits per heavy atom. The van der Waals surface area contributed by atoms with Crippen LogP contribution >= 0.6 is 0 Å². The highest BCUT2D eigenvalue weighted by molar-refractivity contribution is 6.11. The minimum atomic E-state index is -0.322. The molecule has 0 aromatic heterocycles. The average Bonchev–Trinajstić information content (AvgIpc) is 2.63. The maximum atomic E-state index is 13.0. The van der Waals surface area contributed by atoms with E-state index in [0.29, 0.717) is 12.5 Å². The van der Waals surface area contributed by atoms with Crippen molar-refractivity contribution in [1.29, 1.82) is 0 Å². The van der Waals surface area contributed by atoms with Gasteiger partial charge in [0.15, 0.2) is 5.78 Å².